The molecule has 2 rings (SSSR count). The predicted octanol–water partition coefficient (Wildman–Crippen LogP) is 2.93. The van der Waals surface area contributed by atoms with E-state index in [1.807, 2.05) is 0 Å². The van der Waals surface area contributed by atoms with Gasteiger partial charge >= 0.3 is 0 Å². The van der Waals surface area contributed by atoms with E-state index in [0.717, 1.165) is 51.4 Å². The molecule has 1 unspecified atom stereocenters. The van der Waals surface area contributed by atoms with Crippen molar-refractivity contribution in [2.75, 3.05) is 0 Å². The molecule has 0 aromatic heterocycles. The zero-order valence-corrected chi connectivity index (χ0v) is 13.8. The Morgan fingerprint density at radius 1 is 0.909 bits per heavy atom. The monoisotopic (exact) mass is 330 g/mol. The van der Waals surface area contributed by atoms with Crippen molar-refractivity contribution in [1.82, 2.24) is 0 Å². The third-order valence-electron chi connectivity index (χ3n) is 5.07. The van der Waals surface area contributed by atoms with Gasteiger partial charge in [0.1, 0.15) is 0 Å². The highest BCUT2D eigenvalue weighted by Crippen LogP contribution is 2.30. The van der Waals surface area contributed by atoms with Crippen LogP contribution in [-0.2, 0) is 19.7 Å². The molecule has 0 aromatic rings. The summed E-state index contributed by atoms with van der Waals surface area (Å²) in [7, 11) is -4.66. The molecule has 0 spiro atoms. The third-order valence-corrected chi connectivity index (χ3v) is 6.16. The molecule has 22 heavy (non-hydrogen) atoms. The molecule has 0 aromatic carbocycles. The fourth-order valence-electron chi connectivity index (χ4n) is 3.86. The molecule has 0 bridgehead atoms. The standard InChI is InChI=1S/C16H26O5S/c17-14(11-12-7-3-1-4-8-12)16(22(19,20)21)15(18)13-9-5-2-6-10-13/h12-13,16H,1-11H2,(H,19,20,21). The van der Waals surface area contributed by atoms with Gasteiger partial charge in [0.15, 0.2) is 11.6 Å². The van der Waals surface area contributed by atoms with Crippen molar-refractivity contribution in [2.45, 2.75) is 75.9 Å². The fourth-order valence-corrected chi connectivity index (χ4v) is 4.77. The summed E-state index contributed by atoms with van der Waals surface area (Å²) in [6.45, 7) is 0. The van der Waals surface area contributed by atoms with Gasteiger partial charge in [0.2, 0.25) is 5.25 Å². The molecule has 0 saturated heterocycles. The third kappa shape index (κ3) is 4.62. The van der Waals surface area contributed by atoms with Crippen molar-refractivity contribution in [2.24, 2.45) is 11.8 Å². The number of carbonyl (C=O) groups excluding carboxylic acids is 2. The first kappa shape index (κ1) is 17.6. The first-order valence-corrected chi connectivity index (χ1v) is 9.92. The van der Waals surface area contributed by atoms with E-state index in [4.69, 9.17) is 0 Å². The first-order valence-electron chi connectivity index (χ1n) is 8.42. The van der Waals surface area contributed by atoms with E-state index in [9.17, 15) is 22.6 Å². The lowest BCUT2D eigenvalue weighted by Gasteiger charge is -2.25. The Labute approximate surface area is 132 Å². The fraction of sp³-hybridized carbons (Fsp3) is 0.875. The summed E-state index contributed by atoms with van der Waals surface area (Å²) in [5, 5.41) is -1.85. The maximum absolute atomic E-state index is 12.5. The van der Waals surface area contributed by atoms with Gasteiger partial charge in [-0.15, -0.1) is 0 Å². The molecule has 5 nitrogen and oxygen atoms in total. The van der Waals surface area contributed by atoms with E-state index < -0.39 is 32.9 Å². The zero-order chi connectivity index (χ0) is 16.2. The van der Waals surface area contributed by atoms with Crippen LogP contribution >= 0.6 is 0 Å². The molecular weight excluding hydrogens is 304 g/mol. The van der Waals surface area contributed by atoms with Crippen LogP contribution in [-0.4, -0.2) is 29.8 Å². The highest BCUT2D eigenvalue weighted by Gasteiger charge is 2.41. The van der Waals surface area contributed by atoms with E-state index in [-0.39, 0.29) is 12.3 Å². The molecular formula is C16H26O5S. The summed E-state index contributed by atoms with van der Waals surface area (Å²) in [6, 6.07) is 0. The van der Waals surface area contributed by atoms with Gasteiger partial charge in [0.05, 0.1) is 0 Å². The Kier molecular flexibility index (Phi) is 6.15. The van der Waals surface area contributed by atoms with E-state index in [1.54, 1.807) is 0 Å². The molecule has 1 atom stereocenters. The van der Waals surface area contributed by atoms with E-state index >= 15 is 0 Å². The van der Waals surface area contributed by atoms with Gasteiger partial charge in [0, 0.05) is 12.3 Å². The lowest BCUT2D eigenvalue weighted by Crippen LogP contribution is -2.42. The summed E-state index contributed by atoms with van der Waals surface area (Å²) in [5.41, 5.74) is 0. The van der Waals surface area contributed by atoms with Gasteiger partial charge in [-0.1, -0.05) is 51.4 Å². The number of carbonyl (C=O) groups is 2. The van der Waals surface area contributed by atoms with Gasteiger partial charge < -0.3 is 0 Å². The molecule has 0 heterocycles. The number of ketones is 2. The molecule has 6 heteroatoms. The Bertz CT molecular complexity index is 499. The highest BCUT2D eigenvalue weighted by atomic mass is 32.2. The van der Waals surface area contributed by atoms with Crippen molar-refractivity contribution in [3.8, 4) is 0 Å². The van der Waals surface area contributed by atoms with Crippen molar-refractivity contribution < 1.29 is 22.6 Å². The topological polar surface area (TPSA) is 88.5 Å². The van der Waals surface area contributed by atoms with Crippen LogP contribution in [0.2, 0.25) is 0 Å². The predicted molar refractivity (Wildman–Crippen MR) is 83.1 cm³/mol. The van der Waals surface area contributed by atoms with Crippen LogP contribution in [0.25, 0.3) is 0 Å². The van der Waals surface area contributed by atoms with Crippen LogP contribution in [0.1, 0.15) is 70.6 Å². The second-order valence-electron chi connectivity index (χ2n) is 6.81. The lowest BCUT2D eigenvalue weighted by molar-refractivity contribution is -0.130. The van der Waals surface area contributed by atoms with Gasteiger partial charge in [-0.05, 0) is 18.8 Å². The summed E-state index contributed by atoms with van der Waals surface area (Å²) in [6.07, 6.45) is 9.20. The van der Waals surface area contributed by atoms with Gasteiger partial charge in [-0.3, -0.25) is 14.1 Å². The summed E-state index contributed by atoms with van der Waals surface area (Å²) in [5.74, 6) is -1.42. The maximum atomic E-state index is 12.5. The SMILES string of the molecule is O=C(CC1CCCCC1)C(C(=O)C1CCCCC1)S(=O)(=O)O. The molecule has 0 aliphatic heterocycles. The largest absolute Gasteiger partial charge is 0.298 e. The van der Waals surface area contributed by atoms with Crippen molar-refractivity contribution in [3.63, 3.8) is 0 Å². The first-order chi connectivity index (χ1) is 10.4. The average molecular weight is 330 g/mol. The second kappa shape index (κ2) is 7.68. The summed E-state index contributed by atoms with van der Waals surface area (Å²) < 4.78 is 32.6. The molecule has 0 amide bonds. The van der Waals surface area contributed by atoms with Crippen LogP contribution in [0.3, 0.4) is 0 Å². The van der Waals surface area contributed by atoms with E-state index in [2.05, 4.69) is 0 Å². The average Bonchev–Trinajstić information content (AvgIpc) is 2.47. The smallest absolute Gasteiger partial charge is 0.282 e. The maximum Gasteiger partial charge on any atom is 0.282 e. The number of rotatable bonds is 6. The van der Waals surface area contributed by atoms with E-state index in [0.29, 0.717) is 12.8 Å². The van der Waals surface area contributed by atoms with Crippen LogP contribution in [0, 0.1) is 11.8 Å². The molecule has 2 aliphatic rings. The molecule has 0 radical (unpaired) electrons. The van der Waals surface area contributed by atoms with Crippen molar-refractivity contribution in [3.05, 3.63) is 0 Å². The Hall–Kier alpha value is -0.750. The second-order valence-corrected chi connectivity index (χ2v) is 8.31. The Balaban J connectivity index is 2.07. The van der Waals surface area contributed by atoms with Gasteiger partial charge in [-0.2, -0.15) is 8.42 Å². The van der Waals surface area contributed by atoms with Crippen LogP contribution in [0.4, 0.5) is 0 Å². The van der Waals surface area contributed by atoms with Crippen LogP contribution in [0.5, 0.6) is 0 Å². The summed E-state index contributed by atoms with van der Waals surface area (Å²) >= 11 is 0. The minimum absolute atomic E-state index is 0.100. The Morgan fingerprint density at radius 2 is 1.41 bits per heavy atom. The Morgan fingerprint density at radius 3 is 1.91 bits per heavy atom. The van der Waals surface area contributed by atoms with E-state index in [1.165, 1.54) is 0 Å². The van der Waals surface area contributed by atoms with Gasteiger partial charge in [0.25, 0.3) is 10.1 Å². The lowest BCUT2D eigenvalue weighted by atomic mass is 9.82. The molecule has 2 saturated carbocycles. The molecule has 126 valence electrons. The van der Waals surface area contributed by atoms with Crippen molar-refractivity contribution in [1.29, 1.82) is 0 Å². The summed E-state index contributed by atoms with van der Waals surface area (Å²) in [4.78, 5) is 24.9. The minimum Gasteiger partial charge on any atom is -0.298 e. The molecule has 2 aliphatic carbocycles. The zero-order valence-electron chi connectivity index (χ0n) is 13.0. The number of hydrogen-bond acceptors (Lipinski definition) is 4. The molecule has 1 N–H and O–H groups in total. The minimum atomic E-state index is -4.66. The molecule has 2 fully saturated rings. The quantitative estimate of drug-likeness (QED) is 0.597. The highest BCUT2D eigenvalue weighted by molar-refractivity contribution is 7.88. The number of Topliss-reactive ketones (excluding diaryl/α,β-unsaturated/α-hetero) is 2. The van der Waals surface area contributed by atoms with Gasteiger partial charge in [-0.25, -0.2) is 0 Å². The normalized spacial score (nSPS) is 23.1. The number of hydrogen-bond donors (Lipinski definition) is 1. The van der Waals surface area contributed by atoms with Crippen LogP contribution in [0.15, 0.2) is 0 Å². The van der Waals surface area contributed by atoms with Crippen molar-refractivity contribution >= 4 is 21.7 Å². The van der Waals surface area contributed by atoms with Crippen LogP contribution < -0.4 is 0 Å².